The first kappa shape index (κ1) is 15.7. The molecule has 0 unspecified atom stereocenters. The summed E-state index contributed by atoms with van der Waals surface area (Å²) in [4.78, 5) is 15.7. The Morgan fingerprint density at radius 3 is 3.00 bits per heavy atom. The molecule has 0 aliphatic heterocycles. The number of hydrogen-bond donors (Lipinski definition) is 3. The normalized spacial score (nSPS) is 19.0. The molecule has 0 bridgehead atoms. The van der Waals surface area contributed by atoms with Gasteiger partial charge in [-0.05, 0) is 28.8 Å². The number of carbonyl (C=O) groups excluding carboxylic acids is 1. The van der Waals surface area contributed by atoms with Crippen LogP contribution in [0.1, 0.15) is 22.7 Å². The summed E-state index contributed by atoms with van der Waals surface area (Å²) >= 11 is 0. The van der Waals surface area contributed by atoms with Crippen molar-refractivity contribution in [1.29, 1.82) is 0 Å². The van der Waals surface area contributed by atoms with Crippen LogP contribution >= 0.6 is 0 Å². The van der Waals surface area contributed by atoms with E-state index >= 15 is 0 Å². The van der Waals surface area contributed by atoms with Crippen molar-refractivity contribution in [2.24, 2.45) is 0 Å². The molecule has 2 atom stereocenters. The Balaban J connectivity index is 1.51. The van der Waals surface area contributed by atoms with Gasteiger partial charge in [-0.2, -0.15) is 0 Å². The number of methoxy groups -OCH3 is 1. The minimum atomic E-state index is -0.575. The van der Waals surface area contributed by atoms with Gasteiger partial charge in [0, 0.05) is 29.6 Å². The molecule has 2 aromatic carbocycles. The van der Waals surface area contributed by atoms with Crippen LogP contribution in [0.4, 0.5) is 0 Å². The lowest BCUT2D eigenvalue weighted by Gasteiger charge is -2.18. The fourth-order valence-corrected chi connectivity index (χ4v) is 3.58. The van der Waals surface area contributed by atoms with E-state index in [1.165, 1.54) is 0 Å². The SMILES string of the molecule is COc1ccc2c(CC(=O)N[C@H]3c4ccccc4C[C@H]3O)c[nH]c2c1. The zero-order chi connectivity index (χ0) is 17.4. The van der Waals surface area contributed by atoms with E-state index in [2.05, 4.69) is 10.3 Å². The quantitative estimate of drug-likeness (QED) is 0.685. The third-order valence-electron chi connectivity index (χ3n) is 4.85. The molecule has 25 heavy (non-hydrogen) atoms. The first-order valence-electron chi connectivity index (χ1n) is 8.35. The van der Waals surface area contributed by atoms with Gasteiger partial charge in [0.15, 0.2) is 0 Å². The lowest BCUT2D eigenvalue weighted by Crippen LogP contribution is -2.34. The maximum absolute atomic E-state index is 12.5. The number of amides is 1. The van der Waals surface area contributed by atoms with Gasteiger partial charge >= 0.3 is 0 Å². The first-order valence-corrected chi connectivity index (χ1v) is 8.35. The van der Waals surface area contributed by atoms with Gasteiger partial charge in [0.05, 0.1) is 25.7 Å². The molecule has 0 radical (unpaired) electrons. The topological polar surface area (TPSA) is 74.3 Å². The Morgan fingerprint density at radius 1 is 1.32 bits per heavy atom. The molecular weight excluding hydrogens is 316 g/mol. The lowest BCUT2D eigenvalue weighted by atomic mass is 10.1. The molecule has 0 saturated carbocycles. The maximum Gasteiger partial charge on any atom is 0.225 e. The van der Waals surface area contributed by atoms with Gasteiger partial charge in [-0.1, -0.05) is 24.3 Å². The van der Waals surface area contributed by atoms with E-state index in [0.717, 1.165) is 33.3 Å². The summed E-state index contributed by atoms with van der Waals surface area (Å²) in [5.41, 5.74) is 3.97. The zero-order valence-electron chi connectivity index (χ0n) is 14.0. The molecule has 1 aliphatic rings. The van der Waals surface area contributed by atoms with Gasteiger partial charge in [0.25, 0.3) is 0 Å². The fraction of sp³-hybridized carbons (Fsp3) is 0.250. The van der Waals surface area contributed by atoms with Crippen LogP contribution in [-0.2, 0) is 17.6 Å². The predicted molar refractivity (Wildman–Crippen MR) is 95.6 cm³/mol. The third-order valence-corrected chi connectivity index (χ3v) is 4.85. The van der Waals surface area contributed by atoms with Gasteiger partial charge in [0.2, 0.25) is 5.91 Å². The van der Waals surface area contributed by atoms with Crippen LogP contribution in [0.3, 0.4) is 0 Å². The van der Waals surface area contributed by atoms with Crippen molar-refractivity contribution in [2.45, 2.75) is 25.0 Å². The van der Waals surface area contributed by atoms with Crippen LogP contribution in [0.15, 0.2) is 48.7 Å². The molecule has 0 fully saturated rings. The molecule has 3 N–H and O–H groups in total. The molecule has 1 amide bonds. The number of aromatic amines is 1. The van der Waals surface area contributed by atoms with E-state index in [1.54, 1.807) is 7.11 Å². The highest BCUT2D eigenvalue weighted by atomic mass is 16.5. The Kier molecular flexibility index (Phi) is 3.93. The highest BCUT2D eigenvalue weighted by Crippen LogP contribution is 2.31. The highest BCUT2D eigenvalue weighted by Gasteiger charge is 2.31. The monoisotopic (exact) mass is 336 g/mol. The second-order valence-corrected chi connectivity index (χ2v) is 6.42. The summed E-state index contributed by atoms with van der Waals surface area (Å²) in [5.74, 6) is 0.675. The molecule has 5 heteroatoms. The molecule has 1 heterocycles. The molecular formula is C20H20N2O3. The standard InChI is InChI=1S/C20H20N2O3/c1-25-14-6-7-15-13(11-21-17(15)10-14)9-19(24)22-20-16-5-3-2-4-12(16)8-18(20)23/h2-7,10-11,18,20-21,23H,8-9H2,1H3,(H,22,24)/t18-,20+/m1/s1. The summed E-state index contributed by atoms with van der Waals surface area (Å²) in [6.45, 7) is 0. The van der Waals surface area contributed by atoms with Crippen molar-refractivity contribution in [3.8, 4) is 5.75 Å². The van der Waals surface area contributed by atoms with Gasteiger partial charge in [-0.15, -0.1) is 0 Å². The number of carbonyl (C=O) groups is 1. The minimum Gasteiger partial charge on any atom is -0.497 e. The molecule has 0 saturated heterocycles. The Morgan fingerprint density at radius 2 is 2.16 bits per heavy atom. The second kappa shape index (κ2) is 6.26. The maximum atomic E-state index is 12.5. The molecule has 1 aliphatic carbocycles. The van der Waals surface area contributed by atoms with Gasteiger partial charge in [-0.25, -0.2) is 0 Å². The average molecular weight is 336 g/mol. The van der Waals surface area contributed by atoms with E-state index in [-0.39, 0.29) is 18.4 Å². The molecule has 3 aromatic rings. The number of ether oxygens (including phenoxy) is 1. The number of H-pyrrole nitrogens is 1. The zero-order valence-corrected chi connectivity index (χ0v) is 14.0. The first-order chi connectivity index (χ1) is 12.2. The average Bonchev–Trinajstić information content (AvgIpc) is 3.16. The van der Waals surface area contributed by atoms with Crippen LogP contribution in [0.25, 0.3) is 10.9 Å². The number of aromatic nitrogens is 1. The van der Waals surface area contributed by atoms with Crippen molar-refractivity contribution in [3.05, 3.63) is 65.4 Å². The van der Waals surface area contributed by atoms with E-state index < -0.39 is 6.10 Å². The number of hydrogen-bond acceptors (Lipinski definition) is 3. The fourth-order valence-electron chi connectivity index (χ4n) is 3.58. The predicted octanol–water partition coefficient (Wildman–Crippen LogP) is 2.49. The van der Waals surface area contributed by atoms with Crippen molar-refractivity contribution in [3.63, 3.8) is 0 Å². The molecule has 5 nitrogen and oxygen atoms in total. The Bertz CT molecular complexity index is 932. The smallest absolute Gasteiger partial charge is 0.225 e. The molecule has 128 valence electrons. The summed E-state index contributed by atoms with van der Waals surface area (Å²) in [6, 6.07) is 13.3. The highest BCUT2D eigenvalue weighted by molar-refractivity contribution is 5.89. The number of benzene rings is 2. The van der Waals surface area contributed by atoms with Crippen LogP contribution in [0.2, 0.25) is 0 Å². The number of aliphatic hydroxyl groups excluding tert-OH is 1. The van der Waals surface area contributed by atoms with E-state index in [4.69, 9.17) is 4.74 Å². The van der Waals surface area contributed by atoms with Gasteiger partial charge in [-0.3, -0.25) is 4.79 Å². The lowest BCUT2D eigenvalue weighted by molar-refractivity contribution is -0.121. The van der Waals surface area contributed by atoms with Gasteiger partial charge < -0.3 is 20.1 Å². The van der Waals surface area contributed by atoms with Crippen molar-refractivity contribution >= 4 is 16.8 Å². The third kappa shape index (κ3) is 2.87. The number of fused-ring (bicyclic) bond motifs is 2. The minimum absolute atomic E-state index is 0.0996. The van der Waals surface area contributed by atoms with Crippen molar-refractivity contribution in [1.82, 2.24) is 10.3 Å². The summed E-state index contributed by atoms with van der Waals surface area (Å²) in [7, 11) is 1.63. The van der Waals surface area contributed by atoms with Gasteiger partial charge in [0.1, 0.15) is 5.75 Å². The van der Waals surface area contributed by atoms with E-state index in [1.807, 2.05) is 48.7 Å². The van der Waals surface area contributed by atoms with E-state index in [9.17, 15) is 9.90 Å². The Hall–Kier alpha value is -2.79. The summed E-state index contributed by atoms with van der Waals surface area (Å²) < 4.78 is 5.22. The summed E-state index contributed by atoms with van der Waals surface area (Å²) in [5, 5.41) is 14.3. The molecule has 4 rings (SSSR count). The van der Waals surface area contributed by atoms with Crippen LogP contribution in [-0.4, -0.2) is 29.2 Å². The number of aliphatic hydroxyl groups is 1. The van der Waals surface area contributed by atoms with Crippen molar-refractivity contribution in [2.75, 3.05) is 7.11 Å². The molecule has 1 aromatic heterocycles. The van der Waals surface area contributed by atoms with E-state index in [0.29, 0.717) is 6.42 Å². The van der Waals surface area contributed by atoms with Crippen LogP contribution in [0.5, 0.6) is 5.75 Å². The Labute approximate surface area is 145 Å². The summed E-state index contributed by atoms with van der Waals surface area (Å²) in [6.07, 6.45) is 2.11. The number of nitrogens with one attached hydrogen (secondary N) is 2. The van der Waals surface area contributed by atoms with Crippen molar-refractivity contribution < 1.29 is 14.6 Å². The molecule has 0 spiro atoms. The second-order valence-electron chi connectivity index (χ2n) is 6.42. The van der Waals surface area contributed by atoms with Crippen LogP contribution in [0, 0.1) is 0 Å². The van der Waals surface area contributed by atoms with Crippen LogP contribution < -0.4 is 10.1 Å². The number of rotatable bonds is 4. The largest absolute Gasteiger partial charge is 0.497 e.